The molecule has 0 N–H and O–H groups in total. The molecule has 9 heteroatoms. The molecule has 3 rings (SSSR count). The van der Waals surface area contributed by atoms with Crippen LogP contribution in [0, 0.1) is 0 Å². The van der Waals surface area contributed by atoms with E-state index in [2.05, 4.69) is 10.2 Å². The first-order chi connectivity index (χ1) is 14.9. The largest absolute Gasteiger partial charge is 0.300 e. The van der Waals surface area contributed by atoms with Crippen molar-refractivity contribution < 1.29 is 13.2 Å². The second kappa shape index (κ2) is 10.2. The Morgan fingerprint density at radius 1 is 1.03 bits per heavy atom. The van der Waals surface area contributed by atoms with E-state index in [0.717, 1.165) is 5.69 Å². The Kier molecular flexibility index (Phi) is 7.64. The van der Waals surface area contributed by atoms with Crippen molar-refractivity contribution in [3.8, 4) is 17.1 Å². The van der Waals surface area contributed by atoms with Gasteiger partial charge in [-0.25, -0.2) is 8.42 Å². The molecule has 0 saturated heterocycles. The summed E-state index contributed by atoms with van der Waals surface area (Å²) in [5, 5.41) is 9.35. The number of Topliss-reactive ketones (excluding diaryl/α,β-unsaturated/α-hetero) is 1. The molecule has 3 aromatic rings. The van der Waals surface area contributed by atoms with E-state index >= 15 is 0 Å². The predicted molar refractivity (Wildman–Crippen MR) is 123 cm³/mol. The van der Waals surface area contributed by atoms with Crippen molar-refractivity contribution >= 4 is 27.6 Å². The lowest BCUT2D eigenvalue weighted by molar-refractivity contribution is -0.116. The molecule has 0 aliphatic rings. The Hall–Kier alpha value is -2.49. The molecule has 0 aliphatic carbocycles. The Morgan fingerprint density at radius 2 is 1.74 bits per heavy atom. The molecule has 0 aliphatic heterocycles. The molecule has 0 fully saturated rings. The Balaban J connectivity index is 2.07. The summed E-state index contributed by atoms with van der Waals surface area (Å²) in [7, 11) is -3.59. The molecular formula is C22H26N4O3S2. The highest BCUT2D eigenvalue weighted by Crippen LogP contribution is 2.30. The lowest BCUT2D eigenvalue weighted by Crippen LogP contribution is -2.30. The van der Waals surface area contributed by atoms with Crippen LogP contribution in [0.3, 0.4) is 0 Å². The number of carbonyl (C=O) groups is 1. The SMILES string of the molecule is CCN(CC)S(=O)(=O)c1cccc(-c2nnc(SCCC(C)=O)n2-c2ccccc2)c1. The van der Waals surface area contributed by atoms with Crippen LogP contribution in [0.1, 0.15) is 27.2 Å². The van der Waals surface area contributed by atoms with E-state index in [1.54, 1.807) is 25.1 Å². The number of ketones is 1. The summed E-state index contributed by atoms with van der Waals surface area (Å²) < 4.78 is 29.3. The van der Waals surface area contributed by atoms with E-state index in [1.165, 1.54) is 16.1 Å². The van der Waals surface area contributed by atoms with Crippen LogP contribution >= 0.6 is 11.8 Å². The maximum atomic E-state index is 13.0. The summed E-state index contributed by atoms with van der Waals surface area (Å²) in [4.78, 5) is 11.6. The van der Waals surface area contributed by atoms with E-state index in [0.29, 0.717) is 41.8 Å². The predicted octanol–water partition coefficient (Wildman–Crippen LogP) is 4.04. The standard InChI is InChI=1S/C22H26N4O3S2/c1-4-25(5-2)31(28,29)20-13-9-10-18(16-20)21-23-24-22(30-15-14-17(3)27)26(21)19-11-7-6-8-12-19/h6-13,16H,4-5,14-15H2,1-3H3. The van der Waals surface area contributed by atoms with Crippen LogP contribution in [0.25, 0.3) is 17.1 Å². The molecule has 0 spiro atoms. The lowest BCUT2D eigenvalue weighted by atomic mass is 10.2. The number of carbonyl (C=O) groups excluding carboxylic acids is 1. The van der Waals surface area contributed by atoms with Crippen LogP contribution in [-0.4, -0.2) is 52.1 Å². The fourth-order valence-electron chi connectivity index (χ4n) is 3.15. The Labute approximate surface area is 187 Å². The summed E-state index contributed by atoms with van der Waals surface area (Å²) >= 11 is 1.45. The lowest BCUT2D eigenvalue weighted by Gasteiger charge is -2.19. The van der Waals surface area contributed by atoms with Gasteiger partial charge in [0.1, 0.15) is 5.78 Å². The molecule has 1 heterocycles. The van der Waals surface area contributed by atoms with Crippen molar-refractivity contribution in [2.45, 2.75) is 37.2 Å². The maximum absolute atomic E-state index is 13.0. The number of rotatable bonds is 10. The first kappa shape index (κ1) is 23.2. The summed E-state index contributed by atoms with van der Waals surface area (Å²) in [6, 6.07) is 16.4. The van der Waals surface area contributed by atoms with Gasteiger partial charge in [-0.1, -0.05) is 55.9 Å². The zero-order valence-electron chi connectivity index (χ0n) is 17.9. The van der Waals surface area contributed by atoms with Gasteiger partial charge >= 0.3 is 0 Å². The molecule has 0 atom stereocenters. The van der Waals surface area contributed by atoms with E-state index < -0.39 is 10.0 Å². The molecule has 31 heavy (non-hydrogen) atoms. The third-order valence-corrected chi connectivity index (χ3v) is 7.75. The minimum atomic E-state index is -3.59. The monoisotopic (exact) mass is 458 g/mol. The minimum absolute atomic E-state index is 0.118. The van der Waals surface area contributed by atoms with Gasteiger partial charge in [-0.15, -0.1) is 10.2 Å². The number of benzene rings is 2. The number of thioether (sulfide) groups is 1. The van der Waals surface area contributed by atoms with E-state index in [-0.39, 0.29) is 10.7 Å². The summed E-state index contributed by atoms with van der Waals surface area (Å²) in [6.07, 6.45) is 0.444. The van der Waals surface area contributed by atoms with Crippen molar-refractivity contribution in [1.82, 2.24) is 19.1 Å². The third-order valence-electron chi connectivity index (χ3n) is 4.77. The summed E-state index contributed by atoms with van der Waals surface area (Å²) in [6.45, 7) is 6.01. The van der Waals surface area contributed by atoms with Crippen molar-refractivity contribution in [3.05, 3.63) is 54.6 Å². The van der Waals surface area contributed by atoms with Gasteiger partial charge in [-0.2, -0.15) is 4.31 Å². The quantitative estimate of drug-likeness (QED) is 0.426. The molecule has 164 valence electrons. The number of hydrogen-bond acceptors (Lipinski definition) is 6. The van der Waals surface area contributed by atoms with Gasteiger partial charge in [0.25, 0.3) is 0 Å². The molecular weight excluding hydrogens is 432 g/mol. The van der Waals surface area contributed by atoms with Crippen LogP contribution in [0.15, 0.2) is 64.6 Å². The van der Waals surface area contributed by atoms with Crippen LogP contribution in [0.5, 0.6) is 0 Å². The van der Waals surface area contributed by atoms with Gasteiger partial charge in [-0.3, -0.25) is 9.36 Å². The van der Waals surface area contributed by atoms with Gasteiger partial charge in [0.15, 0.2) is 11.0 Å². The summed E-state index contributed by atoms with van der Waals surface area (Å²) in [5.41, 5.74) is 1.52. The molecule has 0 radical (unpaired) electrons. The van der Waals surface area contributed by atoms with Gasteiger partial charge in [0.05, 0.1) is 4.90 Å². The molecule has 0 unspecified atom stereocenters. The first-order valence-electron chi connectivity index (χ1n) is 10.1. The zero-order valence-corrected chi connectivity index (χ0v) is 19.5. The van der Waals surface area contributed by atoms with Crippen LogP contribution in [-0.2, 0) is 14.8 Å². The zero-order chi connectivity index (χ0) is 22.4. The number of sulfonamides is 1. The van der Waals surface area contributed by atoms with E-state index in [4.69, 9.17) is 0 Å². The number of para-hydroxylation sites is 1. The highest BCUT2D eigenvalue weighted by Gasteiger charge is 2.23. The fourth-order valence-corrected chi connectivity index (χ4v) is 5.65. The molecule has 2 aromatic carbocycles. The first-order valence-corrected chi connectivity index (χ1v) is 12.5. The molecule has 0 amide bonds. The van der Waals surface area contributed by atoms with Crippen molar-refractivity contribution in [2.75, 3.05) is 18.8 Å². The molecule has 1 aromatic heterocycles. The van der Waals surface area contributed by atoms with Crippen LogP contribution < -0.4 is 0 Å². The average molecular weight is 459 g/mol. The second-order valence-electron chi connectivity index (χ2n) is 6.89. The Bertz CT molecular complexity index is 1140. The van der Waals surface area contributed by atoms with E-state index in [1.807, 2.05) is 54.8 Å². The highest BCUT2D eigenvalue weighted by molar-refractivity contribution is 7.99. The normalized spacial score (nSPS) is 11.7. The second-order valence-corrected chi connectivity index (χ2v) is 9.89. The minimum Gasteiger partial charge on any atom is -0.300 e. The van der Waals surface area contributed by atoms with Crippen molar-refractivity contribution in [1.29, 1.82) is 0 Å². The molecule has 0 saturated carbocycles. The number of hydrogen-bond donors (Lipinski definition) is 0. The van der Waals surface area contributed by atoms with Gasteiger partial charge in [0, 0.05) is 36.5 Å². The smallest absolute Gasteiger partial charge is 0.243 e. The Morgan fingerprint density at radius 3 is 2.39 bits per heavy atom. The van der Waals surface area contributed by atoms with Crippen molar-refractivity contribution in [3.63, 3.8) is 0 Å². The number of aromatic nitrogens is 3. The van der Waals surface area contributed by atoms with Gasteiger partial charge in [0.2, 0.25) is 10.0 Å². The van der Waals surface area contributed by atoms with Crippen LogP contribution in [0.2, 0.25) is 0 Å². The summed E-state index contributed by atoms with van der Waals surface area (Å²) in [5.74, 6) is 1.26. The topological polar surface area (TPSA) is 85.2 Å². The molecule has 0 bridgehead atoms. The average Bonchev–Trinajstić information content (AvgIpc) is 3.19. The third kappa shape index (κ3) is 5.23. The van der Waals surface area contributed by atoms with E-state index in [9.17, 15) is 13.2 Å². The maximum Gasteiger partial charge on any atom is 0.243 e. The molecule has 7 nitrogen and oxygen atoms in total. The van der Waals surface area contributed by atoms with Crippen molar-refractivity contribution in [2.24, 2.45) is 0 Å². The van der Waals surface area contributed by atoms with Crippen LogP contribution in [0.4, 0.5) is 0 Å². The fraction of sp³-hybridized carbons (Fsp3) is 0.318. The highest BCUT2D eigenvalue weighted by atomic mass is 32.2. The number of nitrogens with zero attached hydrogens (tertiary/aromatic N) is 4. The van der Waals surface area contributed by atoms with Gasteiger partial charge in [-0.05, 0) is 31.2 Å². The van der Waals surface area contributed by atoms with Gasteiger partial charge < -0.3 is 0 Å².